The van der Waals surface area contributed by atoms with Gasteiger partial charge >= 0.3 is 0 Å². The minimum absolute atomic E-state index is 0.00477. The maximum absolute atomic E-state index is 10.7. The van der Waals surface area contributed by atoms with Crippen molar-refractivity contribution in [3.63, 3.8) is 0 Å². The van der Waals surface area contributed by atoms with Crippen LogP contribution in [0.5, 0.6) is 5.75 Å². The van der Waals surface area contributed by atoms with Gasteiger partial charge in [0.05, 0.1) is 0 Å². The van der Waals surface area contributed by atoms with Gasteiger partial charge in [-0.3, -0.25) is 4.21 Å². The van der Waals surface area contributed by atoms with Gasteiger partial charge in [0, 0.05) is 5.75 Å². The van der Waals surface area contributed by atoms with Crippen molar-refractivity contribution >= 4 is 11.1 Å². The normalized spacial score (nSPS) is 13.8. The van der Waals surface area contributed by atoms with E-state index in [1.165, 1.54) is 0 Å². The molecular formula is C12H17O3S-. The van der Waals surface area contributed by atoms with Crippen molar-refractivity contribution in [3.8, 4) is 5.75 Å². The van der Waals surface area contributed by atoms with Crippen molar-refractivity contribution in [3.05, 3.63) is 28.8 Å². The minimum Gasteiger partial charge on any atom is -0.772 e. The van der Waals surface area contributed by atoms with Crippen LogP contribution in [-0.2, 0) is 22.2 Å². The molecule has 0 saturated heterocycles. The van der Waals surface area contributed by atoms with Crippen LogP contribution < -0.4 is 0 Å². The van der Waals surface area contributed by atoms with Crippen molar-refractivity contribution in [1.82, 2.24) is 0 Å². The molecule has 0 spiro atoms. The number of benzene rings is 1. The molecule has 90 valence electrons. The van der Waals surface area contributed by atoms with Crippen LogP contribution in [0, 0.1) is 6.92 Å². The Morgan fingerprint density at radius 3 is 2.38 bits per heavy atom. The van der Waals surface area contributed by atoms with Crippen molar-refractivity contribution in [2.45, 2.75) is 38.9 Å². The first-order chi connectivity index (χ1) is 7.21. The van der Waals surface area contributed by atoms with Gasteiger partial charge < -0.3 is 9.66 Å². The molecule has 0 aromatic heterocycles. The van der Waals surface area contributed by atoms with E-state index in [9.17, 15) is 13.9 Å². The molecule has 0 aliphatic rings. The van der Waals surface area contributed by atoms with Crippen molar-refractivity contribution in [2.24, 2.45) is 0 Å². The highest BCUT2D eigenvalue weighted by Gasteiger charge is 2.19. The Labute approximate surface area is 98.8 Å². The molecule has 0 heterocycles. The molecule has 0 bridgehead atoms. The molecular weight excluding hydrogens is 224 g/mol. The minimum atomic E-state index is -2.10. The lowest BCUT2D eigenvalue weighted by Crippen LogP contribution is -2.12. The molecule has 0 saturated carbocycles. The first kappa shape index (κ1) is 13.2. The average Bonchev–Trinajstić information content (AvgIpc) is 2.06. The fraction of sp³-hybridized carbons (Fsp3) is 0.500. The fourth-order valence-corrected chi connectivity index (χ4v) is 2.19. The topological polar surface area (TPSA) is 60.4 Å². The summed E-state index contributed by atoms with van der Waals surface area (Å²) in [5.41, 5.74) is 2.13. The van der Waals surface area contributed by atoms with Gasteiger partial charge in [0.1, 0.15) is 5.75 Å². The molecule has 0 aliphatic carbocycles. The smallest absolute Gasteiger partial charge is 0.119 e. The zero-order valence-electron chi connectivity index (χ0n) is 10.0. The highest BCUT2D eigenvalue weighted by atomic mass is 32.2. The molecule has 1 rings (SSSR count). The molecule has 1 atom stereocenters. The number of aryl methyl sites for hydroxylation is 1. The largest absolute Gasteiger partial charge is 0.772 e. The molecule has 16 heavy (non-hydrogen) atoms. The standard InChI is InChI=1S/C12H18O3S/c1-8-5-11(13)10(12(2,3)4)6-9(8)7-16(14)15/h5-6,13H,7H2,1-4H3,(H,14,15)/p-1. The third-order valence-corrected chi connectivity index (χ3v) is 3.08. The van der Waals surface area contributed by atoms with Gasteiger partial charge in [0.15, 0.2) is 0 Å². The first-order valence-corrected chi connectivity index (χ1v) is 6.35. The van der Waals surface area contributed by atoms with E-state index in [-0.39, 0.29) is 16.9 Å². The van der Waals surface area contributed by atoms with Crippen LogP contribution in [0.15, 0.2) is 12.1 Å². The maximum Gasteiger partial charge on any atom is 0.119 e. The van der Waals surface area contributed by atoms with E-state index < -0.39 is 11.1 Å². The van der Waals surface area contributed by atoms with E-state index in [2.05, 4.69) is 0 Å². The summed E-state index contributed by atoms with van der Waals surface area (Å²) in [6, 6.07) is 3.41. The summed E-state index contributed by atoms with van der Waals surface area (Å²) < 4.78 is 21.4. The summed E-state index contributed by atoms with van der Waals surface area (Å²) in [4.78, 5) is 0. The monoisotopic (exact) mass is 241 g/mol. The predicted molar refractivity (Wildman–Crippen MR) is 64.2 cm³/mol. The average molecular weight is 241 g/mol. The second-order valence-electron chi connectivity index (χ2n) is 4.99. The molecule has 4 heteroatoms. The maximum atomic E-state index is 10.7. The van der Waals surface area contributed by atoms with E-state index in [4.69, 9.17) is 0 Å². The Hall–Kier alpha value is -0.870. The Balaban J connectivity index is 3.27. The number of aromatic hydroxyl groups is 1. The lowest BCUT2D eigenvalue weighted by atomic mass is 9.84. The molecule has 0 fully saturated rings. The summed E-state index contributed by atoms with van der Waals surface area (Å²) in [6.45, 7) is 7.74. The number of rotatable bonds is 2. The van der Waals surface area contributed by atoms with Crippen LogP contribution in [0.25, 0.3) is 0 Å². The number of hydrogen-bond acceptors (Lipinski definition) is 3. The summed E-state index contributed by atoms with van der Waals surface area (Å²) >= 11 is -2.10. The summed E-state index contributed by atoms with van der Waals surface area (Å²) in [7, 11) is 0. The van der Waals surface area contributed by atoms with Gasteiger partial charge in [0.2, 0.25) is 0 Å². The lowest BCUT2D eigenvalue weighted by Gasteiger charge is -2.22. The van der Waals surface area contributed by atoms with Gasteiger partial charge in [-0.15, -0.1) is 0 Å². The highest BCUT2D eigenvalue weighted by molar-refractivity contribution is 7.78. The van der Waals surface area contributed by atoms with Crippen molar-refractivity contribution in [1.29, 1.82) is 0 Å². The summed E-state index contributed by atoms with van der Waals surface area (Å²) in [5.74, 6) is 0.222. The van der Waals surface area contributed by atoms with Crippen LogP contribution in [0.1, 0.15) is 37.5 Å². The van der Waals surface area contributed by atoms with E-state index in [1.807, 2.05) is 20.8 Å². The van der Waals surface area contributed by atoms with Gasteiger partial charge in [-0.25, -0.2) is 0 Å². The van der Waals surface area contributed by atoms with Gasteiger partial charge in [-0.05, 0) is 35.1 Å². The van der Waals surface area contributed by atoms with Gasteiger partial charge in [0.25, 0.3) is 0 Å². The molecule has 1 aromatic rings. The molecule has 1 N–H and O–H groups in total. The van der Waals surface area contributed by atoms with Gasteiger partial charge in [-0.1, -0.05) is 37.9 Å². The van der Waals surface area contributed by atoms with Crippen LogP contribution in [-0.4, -0.2) is 13.9 Å². The second-order valence-corrected chi connectivity index (χ2v) is 5.89. The number of phenols is 1. The molecule has 3 nitrogen and oxygen atoms in total. The molecule has 0 aliphatic heterocycles. The van der Waals surface area contributed by atoms with Crippen LogP contribution in [0.4, 0.5) is 0 Å². The third kappa shape index (κ3) is 3.06. The van der Waals surface area contributed by atoms with E-state index in [1.54, 1.807) is 19.1 Å². The van der Waals surface area contributed by atoms with Crippen LogP contribution >= 0.6 is 0 Å². The SMILES string of the molecule is Cc1cc(O)c(C(C)(C)C)cc1CS(=O)[O-]. The van der Waals surface area contributed by atoms with Crippen LogP contribution in [0.2, 0.25) is 0 Å². The predicted octanol–water partition coefficient (Wildman–Crippen LogP) is 2.38. The molecule has 0 amide bonds. The Morgan fingerprint density at radius 2 is 1.94 bits per heavy atom. The van der Waals surface area contributed by atoms with E-state index >= 15 is 0 Å². The second kappa shape index (κ2) is 4.55. The summed E-state index contributed by atoms with van der Waals surface area (Å²) in [6.07, 6.45) is 0. The molecule has 0 radical (unpaired) electrons. The Bertz CT molecular complexity index is 419. The number of phenolic OH excluding ortho intramolecular Hbond substituents is 1. The van der Waals surface area contributed by atoms with Gasteiger partial charge in [-0.2, -0.15) is 0 Å². The third-order valence-electron chi connectivity index (χ3n) is 2.54. The molecule has 1 aromatic carbocycles. The highest BCUT2D eigenvalue weighted by Crippen LogP contribution is 2.33. The number of hydrogen-bond donors (Lipinski definition) is 1. The Morgan fingerprint density at radius 1 is 1.38 bits per heavy atom. The fourth-order valence-electron chi connectivity index (χ4n) is 1.62. The van der Waals surface area contributed by atoms with Crippen LogP contribution in [0.3, 0.4) is 0 Å². The first-order valence-electron chi connectivity index (χ1n) is 5.10. The van der Waals surface area contributed by atoms with Crippen molar-refractivity contribution in [2.75, 3.05) is 0 Å². The Kier molecular flexibility index (Phi) is 3.76. The van der Waals surface area contributed by atoms with Crippen molar-refractivity contribution < 1.29 is 13.9 Å². The zero-order chi connectivity index (χ0) is 12.5. The molecule has 1 unspecified atom stereocenters. The lowest BCUT2D eigenvalue weighted by molar-refractivity contribution is 0.445. The van der Waals surface area contributed by atoms with E-state index in [0.29, 0.717) is 0 Å². The summed E-state index contributed by atoms with van der Waals surface area (Å²) in [5, 5.41) is 9.83. The zero-order valence-corrected chi connectivity index (χ0v) is 10.9. The quantitative estimate of drug-likeness (QED) is 0.809. The van der Waals surface area contributed by atoms with E-state index in [0.717, 1.165) is 16.7 Å².